The number of nitrogens with zero attached hydrogens (tertiary/aromatic N) is 1. The average Bonchev–Trinajstić information content (AvgIpc) is 2.74. The van der Waals surface area contributed by atoms with Crippen LogP contribution in [0, 0.1) is 13.8 Å². The van der Waals surface area contributed by atoms with Crippen LogP contribution in [0.1, 0.15) is 27.4 Å². The highest BCUT2D eigenvalue weighted by Crippen LogP contribution is 2.10. The second-order valence-electron chi connectivity index (χ2n) is 3.83. The van der Waals surface area contributed by atoms with E-state index in [-0.39, 0.29) is 12.4 Å². The van der Waals surface area contributed by atoms with Gasteiger partial charge in [0.15, 0.2) is 6.39 Å². The van der Waals surface area contributed by atoms with Crippen LogP contribution in [0.3, 0.4) is 0 Å². The molecular formula is C13H13NO3. The predicted octanol–water partition coefficient (Wildman–Crippen LogP) is 2.65. The van der Waals surface area contributed by atoms with Crippen LogP contribution in [0.25, 0.3) is 0 Å². The molecule has 88 valence electrons. The zero-order valence-corrected chi connectivity index (χ0v) is 9.77. The second-order valence-corrected chi connectivity index (χ2v) is 3.83. The topological polar surface area (TPSA) is 52.3 Å². The maximum Gasteiger partial charge on any atom is 0.376 e. The maximum absolute atomic E-state index is 11.6. The number of rotatable bonds is 3. The van der Waals surface area contributed by atoms with Crippen molar-refractivity contribution in [3.05, 3.63) is 53.2 Å². The highest BCUT2D eigenvalue weighted by atomic mass is 16.5. The Morgan fingerprint density at radius 3 is 2.59 bits per heavy atom. The smallest absolute Gasteiger partial charge is 0.376 e. The highest BCUT2D eigenvalue weighted by molar-refractivity contribution is 5.87. The number of carbonyl (C=O) groups is 1. The zero-order chi connectivity index (χ0) is 12.3. The van der Waals surface area contributed by atoms with Crippen molar-refractivity contribution in [1.82, 2.24) is 4.98 Å². The summed E-state index contributed by atoms with van der Waals surface area (Å²) in [5, 5.41) is 0. The molecule has 1 heterocycles. The minimum Gasteiger partial charge on any atom is -0.455 e. The third-order valence-electron chi connectivity index (χ3n) is 2.42. The van der Waals surface area contributed by atoms with Gasteiger partial charge in [-0.15, -0.1) is 0 Å². The van der Waals surface area contributed by atoms with E-state index in [4.69, 9.17) is 9.15 Å². The molecular weight excluding hydrogens is 218 g/mol. The first-order valence-electron chi connectivity index (χ1n) is 5.29. The monoisotopic (exact) mass is 231 g/mol. The van der Waals surface area contributed by atoms with Gasteiger partial charge in [0.25, 0.3) is 0 Å². The summed E-state index contributed by atoms with van der Waals surface area (Å²) in [6.45, 7) is 3.94. The molecule has 0 aliphatic carbocycles. The van der Waals surface area contributed by atoms with Crippen LogP contribution in [0.15, 0.2) is 35.1 Å². The Morgan fingerprint density at radius 1 is 1.29 bits per heavy atom. The molecule has 4 nitrogen and oxygen atoms in total. The molecule has 1 aromatic carbocycles. The Bertz CT molecular complexity index is 514. The average molecular weight is 231 g/mol. The van der Waals surface area contributed by atoms with E-state index in [2.05, 4.69) is 4.98 Å². The molecule has 0 amide bonds. The van der Waals surface area contributed by atoms with Gasteiger partial charge in [0.1, 0.15) is 6.61 Å². The van der Waals surface area contributed by atoms with Crippen molar-refractivity contribution in [1.29, 1.82) is 0 Å². The van der Waals surface area contributed by atoms with Gasteiger partial charge in [-0.2, -0.15) is 0 Å². The number of hydrogen-bond donors (Lipinski definition) is 0. The van der Waals surface area contributed by atoms with Crippen LogP contribution in [0.5, 0.6) is 0 Å². The lowest BCUT2D eigenvalue weighted by Gasteiger charge is -2.03. The number of esters is 1. The van der Waals surface area contributed by atoms with E-state index in [0.29, 0.717) is 5.69 Å². The Labute approximate surface area is 99.2 Å². The van der Waals surface area contributed by atoms with E-state index < -0.39 is 5.97 Å². The third kappa shape index (κ3) is 2.72. The fourth-order valence-electron chi connectivity index (χ4n) is 1.40. The largest absolute Gasteiger partial charge is 0.455 e. The van der Waals surface area contributed by atoms with E-state index in [0.717, 1.165) is 5.56 Å². The molecule has 1 aromatic heterocycles. The Balaban J connectivity index is 1.97. The van der Waals surface area contributed by atoms with Crippen LogP contribution in [0.4, 0.5) is 0 Å². The number of carbonyl (C=O) groups excluding carboxylic acids is 1. The Hall–Kier alpha value is -2.10. The maximum atomic E-state index is 11.6. The Kier molecular flexibility index (Phi) is 3.23. The molecule has 17 heavy (non-hydrogen) atoms. The molecule has 0 saturated heterocycles. The lowest BCUT2D eigenvalue weighted by atomic mass is 10.2. The summed E-state index contributed by atoms with van der Waals surface area (Å²) in [6, 6.07) is 7.80. The van der Waals surface area contributed by atoms with Crippen molar-refractivity contribution in [2.24, 2.45) is 0 Å². The summed E-state index contributed by atoms with van der Waals surface area (Å²) in [5.74, 6) is -0.322. The van der Waals surface area contributed by atoms with E-state index in [1.807, 2.05) is 31.2 Å². The van der Waals surface area contributed by atoms with Crippen molar-refractivity contribution >= 4 is 5.97 Å². The van der Waals surface area contributed by atoms with Crippen LogP contribution < -0.4 is 0 Å². The van der Waals surface area contributed by atoms with Crippen molar-refractivity contribution in [3.63, 3.8) is 0 Å². The summed E-state index contributed by atoms with van der Waals surface area (Å²) in [4.78, 5) is 15.4. The third-order valence-corrected chi connectivity index (χ3v) is 2.42. The normalized spacial score (nSPS) is 10.2. The first-order valence-corrected chi connectivity index (χ1v) is 5.29. The minimum absolute atomic E-state index is 0.164. The van der Waals surface area contributed by atoms with E-state index in [9.17, 15) is 4.79 Å². The van der Waals surface area contributed by atoms with Gasteiger partial charge in [0.05, 0.1) is 5.69 Å². The molecule has 0 atom stereocenters. The predicted molar refractivity (Wildman–Crippen MR) is 61.5 cm³/mol. The minimum atomic E-state index is -0.486. The molecule has 0 radical (unpaired) electrons. The standard InChI is InChI=1S/C13H13NO3/c1-9-3-5-11(6-4-9)7-16-13(15)12-10(2)14-8-17-12/h3-6,8H,7H2,1-2H3. The van der Waals surface area contributed by atoms with Crippen molar-refractivity contribution in [3.8, 4) is 0 Å². The molecule has 0 aliphatic rings. The number of aromatic nitrogens is 1. The van der Waals surface area contributed by atoms with Gasteiger partial charge in [-0.05, 0) is 19.4 Å². The summed E-state index contributed by atoms with van der Waals surface area (Å²) >= 11 is 0. The van der Waals surface area contributed by atoms with Gasteiger partial charge in [-0.25, -0.2) is 9.78 Å². The number of aryl methyl sites for hydroxylation is 2. The fraction of sp³-hybridized carbons (Fsp3) is 0.231. The van der Waals surface area contributed by atoms with Gasteiger partial charge in [0.2, 0.25) is 5.76 Å². The number of benzene rings is 1. The van der Waals surface area contributed by atoms with Crippen LogP contribution in [0.2, 0.25) is 0 Å². The SMILES string of the molecule is Cc1ccc(COC(=O)c2ocnc2C)cc1. The van der Waals surface area contributed by atoms with E-state index >= 15 is 0 Å². The zero-order valence-electron chi connectivity index (χ0n) is 9.77. The molecule has 0 bridgehead atoms. The summed E-state index contributed by atoms with van der Waals surface area (Å²) in [5.41, 5.74) is 2.66. The number of oxazole rings is 1. The van der Waals surface area contributed by atoms with Gasteiger partial charge in [0, 0.05) is 0 Å². The highest BCUT2D eigenvalue weighted by Gasteiger charge is 2.15. The molecule has 2 aromatic rings. The van der Waals surface area contributed by atoms with Crippen LogP contribution >= 0.6 is 0 Å². The molecule has 0 saturated carbocycles. The second kappa shape index (κ2) is 4.82. The first kappa shape index (κ1) is 11.4. The molecule has 4 heteroatoms. The summed E-state index contributed by atoms with van der Waals surface area (Å²) in [6.07, 6.45) is 1.23. The van der Waals surface area contributed by atoms with E-state index in [1.165, 1.54) is 12.0 Å². The lowest BCUT2D eigenvalue weighted by Crippen LogP contribution is -2.05. The first-order chi connectivity index (χ1) is 8.16. The van der Waals surface area contributed by atoms with Crippen molar-refractivity contribution < 1.29 is 13.9 Å². The summed E-state index contributed by atoms with van der Waals surface area (Å²) < 4.78 is 10.1. The summed E-state index contributed by atoms with van der Waals surface area (Å²) in [7, 11) is 0. The fourth-order valence-corrected chi connectivity index (χ4v) is 1.40. The van der Waals surface area contributed by atoms with Gasteiger partial charge in [-0.3, -0.25) is 0 Å². The van der Waals surface area contributed by atoms with Crippen LogP contribution in [-0.2, 0) is 11.3 Å². The quantitative estimate of drug-likeness (QED) is 0.762. The molecule has 0 N–H and O–H groups in total. The molecule has 0 spiro atoms. The lowest BCUT2D eigenvalue weighted by molar-refractivity contribution is 0.0435. The molecule has 0 unspecified atom stereocenters. The molecule has 0 fully saturated rings. The van der Waals surface area contributed by atoms with Crippen LogP contribution in [-0.4, -0.2) is 11.0 Å². The molecule has 0 aliphatic heterocycles. The van der Waals surface area contributed by atoms with E-state index in [1.54, 1.807) is 6.92 Å². The number of ether oxygens (including phenoxy) is 1. The van der Waals surface area contributed by atoms with Crippen molar-refractivity contribution in [2.75, 3.05) is 0 Å². The number of hydrogen-bond acceptors (Lipinski definition) is 4. The van der Waals surface area contributed by atoms with Crippen molar-refractivity contribution in [2.45, 2.75) is 20.5 Å². The van der Waals surface area contributed by atoms with Gasteiger partial charge >= 0.3 is 5.97 Å². The van der Waals surface area contributed by atoms with Gasteiger partial charge < -0.3 is 9.15 Å². The molecule has 2 rings (SSSR count). The van der Waals surface area contributed by atoms with Gasteiger partial charge in [-0.1, -0.05) is 29.8 Å². The Morgan fingerprint density at radius 2 is 2.00 bits per heavy atom.